The first kappa shape index (κ1) is 10.2. The molecule has 2 heteroatoms. The minimum Gasteiger partial charge on any atom is -0.423 e. The van der Waals surface area contributed by atoms with Gasteiger partial charge in [-0.3, -0.25) is 0 Å². The van der Waals surface area contributed by atoms with E-state index < -0.39 is 0 Å². The first-order valence-electron chi connectivity index (χ1n) is 5.51. The molecular weight excluding hydrogens is 188 g/mol. The molecule has 2 nitrogen and oxygen atoms in total. The van der Waals surface area contributed by atoms with E-state index in [9.17, 15) is 4.79 Å². The zero-order valence-electron chi connectivity index (χ0n) is 9.25. The third-order valence-electron chi connectivity index (χ3n) is 2.67. The zero-order chi connectivity index (χ0) is 10.8. The van der Waals surface area contributed by atoms with E-state index in [0.717, 1.165) is 36.2 Å². The predicted molar refractivity (Wildman–Crippen MR) is 59.0 cm³/mol. The normalized spacial score (nSPS) is 22.6. The van der Waals surface area contributed by atoms with Gasteiger partial charge in [-0.05, 0) is 31.3 Å². The van der Waals surface area contributed by atoms with Crippen molar-refractivity contribution in [3.8, 4) is 0 Å². The third kappa shape index (κ3) is 2.04. The molecule has 0 N–H and O–H groups in total. The number of hydrogen-bond acceptors (Lipinski definition) is 2. The maximum Gasteiger partial charge on any atom is 0.343 e. The Hall–Kier alpha value is -1.31. The van der Waals surface area contributed by atoms with Crippen molar-refractivity contribution in [1.82, 2.24) is 0 Å². The molecule has 0 aromatic rings. The summed E-state index contributed by atoms with van der Waals surface area (Å²) in [5.41, 5.74) is 1.86. The van der Waals surface area contributed by atoms with Crippen LogP contribution in [0.5, 0.6) is 0 Å². The Balaban J connectivity index is 2.23. The van der Waals surface area contributed by atoms with Gasteiger partial charge in [0.05, 0.1) is 5.57 Å². The van der Waals surface area contributed by atoms with E-state index in [1.54, 1.807) is 0 Å². The topological polar surface area (TPSA) is 26.3 Å². The highest BCUT2D eigenvalue weighted by atomic mass is 16.5. The van der Waals surface area contributed by atoms with Crippen molar-refractivity contribution in [1.29, 1.82) is 0 Å². The van der Waals surface area contributed by atoms with Crippen LogP contribution in [-0.2, 0) is 9.53 Å². The van der Waals surface area contributed by atoms with Gasteiger partial charge in [0.2, 0.25) is 0 Å². The molecule has 0 aromatic carbocycles. The highest BCUT2D eigenvalue weighted by Crippen LogP contribution is 2.33. The van der Waals surface area contributed by atoms with E-state index in [0.29, 0.717) is 5.92 Å². The largest absolute Gasteiger partial charge is 0.423 e. The van der Waals surface area contributed by atoms with E-state index in [4.69, 9.17) is 4.74 Å². The number of hydrogen-bond donors (Lipinski definition) is 0. The molecule has 0 spiro atoms. The third-order valence-corrected chi connectivity index (χ3v) is 2.67. The monoisotopic (exact) mass is 204 g/mol. The minimum atomic E-state index is -0.184. The fourth-order valence-electron chi connectivity index (χ4n) is 1.84. The number of esters is 1. The summed E-state index contributed by atoms with van der Waals surface area (Å²) in [6.07, 6.45) is 8.87. The van der Waals surface area contributed by atoms with Crippen molar-refractivity contribution < 1.29 is 9.53 Å². The van der Waals surface area contributed by atoms with Gasteiger partial charge in [0.15, 0.2) is 0 Å². The fourth-order valence-corrected chi connectivity index (χ4v) is 1.84. The SMILES string of the molecule is CC(C)CC=C1OC(=O)C2=C1CCC=C2. The van der Waals surface area contributed by atoms with Gasteiger partial charge in [-0.25, -0.2) is 4.79 Å². The second-order valence-corrected chi connectivity index (χ2v) is 4.42. The number of allylic oxidation sites excluding steroid dienone is 3. The summed E-state index contributed by atoms with van der Waals surface area (Å²) in [5, 5.41) is 0. The summed E-state index contributed by atoms with van der Waals surface area (Å²) >= 11 is 0. The lowest BCUT2D eigenvalue weighted by Gasteiger charge is -2.06. The van der Waals surface area contributed by atoms with Crippen molar-refractivity contribution in [2.45, 2.75) is 33.1 Å². The Bertz CT molecular complexity index is 370. The summed E-state index contributed by atoms with van der Waals surface area (Å²) in [6.45, 7) is 4.31. The lowest BCUT2D eigenvalue weighted by molar-refractivity contribution is -0.132. The molecule has 1 aliphatic heterocycles. The van der Waals surface area contributed by atoms with Crippen LogP contribution in [0.2, 0.25) is 0 Å². The number of rotatable bonds is 2. The van der Waals surface area contributed by atoms with Crippen LogP contribution >= 0.6 is 0 Å². The van der Waals surface area contributed by atoms with Gasteiger partial charge in [-0.2, -0.15) is 0 Å². The maximum absolute atomic E-state index is 11.5. The van der Waals surface area contributed by atoms with Crippen LogP contribution in [-0.4, -0.2) is 5.97 Å². The average molecular weight is 204 g/mol. The molecule has 15 heavy (non-hydrogen) atoms. The lowest BCUT2D eigenvalue weighted by atomic mass is 9.97. The standard InChI is InChI=1S/C13H16O2/c1-9(2)7-8-12-10-5-3-4-6-11(10)13(14)15-12/h4,6,8-9H,3,5,7H2,1-2H3. The number of carbonyl (C=O) groups excluding carboxylic acids is 1. The Labute approximate surface area is 90.3 Å². The smallest absolute Gasteiger partial charge is 0.343 e. The van der Waals surface area contributed by atoms with Crippen LogP contribution in [0.1, 0.15) is 33.1 Å². The zero-order valence-corrected chi connectivity index (χ0v) is 9.25. The number of cyclic esters (lactones) is 1. The molecular formula is C13H16O2. The summed E-state index contributed by atoms with van der Waals surface area (Å²) in [4.78, 5) is 11.5. The molecule has 1 heterocycles. The fraction of sp³-hybridized carbons (Fsp3) is 0.462. The molecule has 0 unspecified atom stereocenters. The first-order chi connectivity index (χ1) is 7.18. The van der Waals surface area contributed by atoms with Crippen molar-refractivity contribution in [3.05, 3.63) is 35.1 Å². The Morgan fingerprint density at radius 2 is 2.33 bits per heavy atom. The molecule has 0 saturated heterocycles. The molecule has 0 radical (unpaired) electrons. The highest BCUT2D eigenvalue weighted by molar-refractivity contribution is 5.97. The van der Waals surface area contributed by atoms with Crippen molar-refractivity contribution >= 4 is 5.97 Å². The second-order valence-electron chi connectivity index (χ2n) is 4.42. The van der Waals surface area contributed by atoms with Crippen molar-refractivity contribution in [3.63, 3.8) is 0 Å². The molecule has 0 fully saturated rings. The number of ether oxygens (including phenoxy) is 1. The summed E-state index contributed by atoms with van der Waals surface area (Å²) < 4.78 is 5.26. The van der Waals surface area contributed by atoms with E-state index in [-0.39, 0.29) is 5.97 Å². The van der Waals surface area contributed by atoms with Crippen LogP contribution in [0.15, 0.2) is 35.1 Å². The molecule has 1 aliphatic carbocycles. The second kappa shape index (κ2) is 4.05. The van der Waals surface area contributed by atoms with E-state index in [1.165, 1.54) is 0 Å². The van der Waals surface area contributed by atoms with Gasteiger partial charge in [0.1, 0.15) is 5.76 Å². The molecule has 2 rings (SSSR count). The molecule has 0 amide bonds. The highest BCUT2D eigenvalue weighted by Gasteiger charge is 2.28. The van der Waals surface area contributed by atoms with Crippen LogP contribution in [0.4, 0.5) is 0 Å². The summed E-state index contributed by atoms with van der Waals surface area (Å²) in [7, 11) is 0. The first-order valence-corrected chi connectivity index (χ1v) is 5.51. The van der Waals surface area contributed by atoms with Crippen molar-refractivity contribution in [2.75, 3.05) is 0 Å². The van der Waals surface area contributed by atoms with E-state index >= 15 is 0 Å². The Morgan fingerprint density at radius 3 is 3.07 bits per heavy atom. The number of carbonyl (C=O) groups is 1. The van der Waals surface area contributed by atoms with Gasteiger partial charge in [0.25, 0.3) is 0 Å². The van der Waals surface area contributed by atoms with Crippen molar-refractivity contribution in [2.24, 2.45) is 5.92 Å². The van der Waals surface area contributed by atoms with Gasteiger partial charge < -0.3 is 4.74 Å². The lowest BCUT2D eigenvalue weighted by Crippen LogP contribution is -1.97. The van der Waals surface area contributed by atoms with Gasteiger partial charge in [-0.1, -0.05) is 26.0 Å². The van der Waals surface area contributed by atoms with Crippen LogP contribution in [0, 0.1) is 5.92 Å². The van der Waals surface area contributed by atoms with E-state index in [2.05, 4.69) is 13.8 Å². The Kier molecular flexibility index (Phi) is 2.76. The molecule has 0 saturated carbocycles. The molecule has 2 aliphatic rings. The van der Waals surface area contributed by atoms with Gasteiger partial charge in [-0.15, -0.1) is 0 Å². The predicted octanol–water partition coefficient (Wildman–Crippen LogP) is 3.12. The summed E-state index contributed by atoms with van der Waals surface area (Å²) in [6, 6.07) is 0. The quantitative estimate of drug-likeness (QED) is 0.646. The Morgan fingerprint density at radius 1 is 1.53 bits per heavy atom. The molecule has 0 atom stereocenters. The van der Waals surface area contributed by atoms with Gasteiger partial charge in [0, 0.05) is 5.57 Å². The van der Waals surface area contributed by atoms with Crippen LogP contribution < -0.4 is 0 Å². The van der Waals surface area contributed by atoms with Crippen LogP contribution in [0.25, 0.3) is 0 Å². The maximum atomic E-state index is 11.5. The van der Waals surface area contributed by atoms with Gasteiger partial charge >= 0.3 is 5.97 Å². The molecule has 80 valence electrons. The molecule has 0 bridgehead atoms. The van der Waals surface area contributed by atoms with E-state index in [1.807, 2.05) is 18.2 Å². The summed E-state index contributed by atoms with van der Waals surface area (Å²) in [5.74, 6) is 1.21. The van der Waals surface area contributed by atoms with Crippen LogP contribution in [0.3, 0.4) is 0 Å². The average Bonchev–Trinajstić information content (AvgIpc) is 2.54. The minimum absolute atomic E-state index is 0.184. The molecule has 0 aromatic heterocycles.